The first-order valence-electron chi connectivity index (χ1n) is 7.61. The van der Waals surface area contributed by atoms with Crippen LogP contribution in [0.2, 0.25) is 0 Å². The molecule has 116 valence electrons. The first-order valence-corrected chi connectivity index (χ1v) is 7.61. The SMILES string of the molecule is COC(=O)c1cc(C)c2cc(C(=O)N3CCCCC3)[nH]c2c1. The van der Waals surface area contributed by atoms with Crippen molar-refractivity contribution in [2.45, 2.75) is 26.2 Å². The molecule has 1 aromatic heterocycles. The van der Waals surface area contributed by atoms with Gasteiger partial charge in [-0.05, 0) is 49.9 Å². The number of likely N-dealkylation sites (tertiary alicyclic amines) is 1. The van der Waals surface area contributed by atoms with Crippen LogP contribution in [0.5, 0.6) is 0 Å². The summed E-state index contributed by atoms with van der Waals surface area (Å²) in [5.41, 5.74) is 2.82. The second-order valence-electron chi connectivity index (χ2n) is 5.78. The van der Waals surface area contributed by atoms with Crippen molar-refractivity contribution in [3.8, 4) is 0 Å². The molecule has 1 aliphatic rings. The van der Waals surface area contributed by atoms with Crippen LogP contribution < -0.4 is 0 Å². The van der Waals surface area contributed by atoms with Crippen LogP contribution in [0.15, 0.2) is 18.2 Å². The number of aryl methyl sites for hydroxylation is 1. The molecule has 0 saturated carbocycles. The van der Waals surface area contributed by atoms with Crippen molar-refractivity contribution in [2.24, 2.45) is 0 Å². The fourth-order valence-electron chi connectivity index (χ4n) is 3.04. The van der Waals surface area contributed by atoms with E-state index in [0.29, 0.717) is 11.3 Å². The van der Waals surface area contributed by atoms with E-state index in [4.69, 9.17) is 4.74 Å². The largest absolute Gasteiger partial charge is 0.465 e. The lowest BCUT2D eigenvalue weighted by molar-refractivity contribution is 0.0600. The minimum absolute atomic E-state index is 0.0370. The average molecular weight is 300 g/mol. The number of aromatic amines is 1. The van der Waals surface area contributed by atoms with Gasteiger partial charge in [-0.3, -0.25) is 4.79 Å². The molecule has 2 heterocycles. The number of H-pyrrole nitrogens is 1. The van der Waals surface area contributed by atoms with Crippen LogP contribution in [0.1, 0.15) is 45.7 Å². The molecule has 5 heteroatoms. The van der Waals surface area contributed by atoms with E-state index in [9.17, 15) is 9.59 Å². The van der Waals surface area contributed by atoms with E-state index in [1.54, 1.807) is 12.1 Å². The van der Waals surface area contributed by atoms with Crippen molar-refractivity contribution in [1.29, 1.82) is 0 Å². The van der Waals surface area contributed by atoms with Crippen LogP contribution in [-0.4, -0.2) is 42.0 Å². The Kier molecular flexibility index (Phi) is 3.88. The number of piperidine rings is 1. The third-order valence-corrected chi connectivity index (χ3v) is 4.24. The van der Waals surface area contributed by atoms with E-state index in [1.807, 2.05) is 17.9 Å². The van der Waals surface area contributed by atoms with E-state index in [0.717, 1.165) is 42.4 Å². The number of rotatable bonds is 2. The second-order valence-corrected chi connectivity index (χ2v) is 5.78. The molecule has 0 atom stereocenters. The number of carbonyl (C=O) groups excluding carboxylic acids is 2. The molecule has 1 aliphatic heterocycles. The maximum absolute atomic E-state index is 12.6. The van der Waals surface area contributed by atoms with Gasteiger partial charge < -0.3 is 14.6 Å². The number of aromatic nitrogens is 1. The van der Waals surface area contributed by atoms with Gasteiger partial charge in [-0.1, -0.05) is 0 Å². The summed E-state index contributed by atoms with van der Waals surface area (Å²) in [7, 11) is 1.36. The lowest BCUT2D eigenvalue weighted by Gasteiger charge is -2.26. The van der Waals surface area contributed by atoms with Gasteiger partial charge in [0.15, 0.2) is 0 Å². The second kappa shape index (κ2) is 5.83. The van der Waals surface area contributed by atoms with Crippen LogP contribution in [0.4, 0.5) is 0 Å². The number of nitrogens with one attached hydrogen (secondary N) is 1. The topological polar surface area (TPSA) is 62.4 Å². The summed E-state index contributed by atoms with van der Waals surface area (Å²) in [4.78, 5) is 29.3. The fourth-order valence-corrected chi connectivity index (χ4v) is 3.04. The van der Waals surface area contributed by atoms with Crippen molar-refractivity contribution in [2.75, 3.05) is 20.2 Å². The zero-order chi connectivity index (χ0) is 15.7. The van der Waals surface area contributed by atoms with Gasteiger partial charge >= 0.3 is 5.97 Å². The lowest BCUT2D eigenvalue weighted by Crippen LogP contribution is -2.35. The number of benzene rings is 1. The van der Waals surface area contributed by atoms with Crippen LogP contribution in [0, 0.1) is 6.92 Å². The Labute approximate surface area is 129 Å². The smallest absolute Gasteiger partial charge is 0.337 e. The zero-order valence-electron chi connectivity index (χ0n) is 12.9. The van der Waals surface area contributed by atoms with E-state index in [-0.39, 0.29) is 11.9 Å². The summed E-state index contributed by atoms with van der Waals surface area (Å²) in [6.45, 7) is 3.57. The van der Waals surface area contributed by atoms with Crippen molar-refractivity contribution in [3.63, 3.8) is 0 Å². The molecule has 0 spiro atoms. The summed E-state index contributed by atoms with van der Waals surface area (Å²) in [5.74, 6) is -0.335. The highest BCUT2D eigenvalue weighted by Crippen LogP contribution is 2.23. The Morgan fingerprint density at radius 2 is 1.86 bits per heavy atom. The maximum Gasteiger partial charge on any atom is 0.337 e. The summed E-state index contributed by atoms with van der Waals surface area (Å²) in [6.07, 6.45) is 3.33. The molecule has 0 aliphatic carbocycles. The minimum atomic E-state index is -0.372. The van der Waals surface area contributed by atoms with Gasteiger partial charge in [0.2, 0.25) is 0 Å². The van der Waals surface area contributed by atoms with Crippen LogP contribution in [0.3, 0.4) is 0 Å². The predicted molar refractivity (Wildman–Crippen MR) is 84.1 cm³/mol. The Bertz CT molecular complexity index is 727. The lowest BCUT2D eigenvalue weighted by atomic mass is 10.1. The number of carbonyl (C=O) groups is 2. The average Bonchev–Trinajstić information content (AvgIpc) is 2.99. The van der Waals surface area contributed by atoms with Crippen molar-refractivity contribution in [1.82, 2.24) is 9.88 Å². The summed E-state index contributed by atoms with van der Waals surface area (Å²) in [5, 5.41) is 0.966. The van der Waals surface area contributed by atoms with E-state index in [2.05, 4.69) is 4.98 Å². The molecular weight excluding hydrogens is 280 g/mol. The van der Waals surface area contributed by atoms with Crippen LogP contribution >= 0.6 is 0 Å². The van der Waals surface area contributed by atoms with Gasteiger partial charge in [0.05, 0.1) is 12.7 Å². The number of hydrogen-bond acceptors (Lipinski definition) is 3. The number of hydrogen-bond donors (Lipinski definition) is 1. The maximum atomic E-state index is 12.6. The van der Waals surface area contributed by atoms with Crippen LogP contribution in [0.25, 0.3) is 10.9 Å². The quantitative estimate of drug-likeness (QED) is 0.867. The molecule has 2 aromatic rings. The Hall–Kier alpha value is -2.30. The van der Waals surface area contributed by atoms with E-state index >= 15 is 0 Å². The molecule has 0 bridgehead atoms. The standard InChI is InChI=1S/C17H20N2O3/c1-11-8-12(17(21)22-2)9-14-13(11)10-15(18-14)16(20)19-6-4-3-5-7-19/h8-10,18H,3-7H2,1-2H3. The molecule has 1 aromatic carbocycles. The van der Waals surface area contributed by atoms with Gasteiger partial charge in [0.1, 0.15) is 5.69 Å². The fraction of sp³-hybridized carbons (Fsp3) is 0.412. The number of esters is 1. The van der Waals surface area contributed by atoms with Gasteiger partial charge in [-0.15, -0.1) is 0 Å². The monoisotopic (exact) mass is 300 g/mol. The number of amides is 1. The first kappa shape index (κ1) is 14.6. The van der Waals surface area contributed by atoms with Crippen LogP contribution in [-0.2, 0) is 4.74 Å². The van der Waals surface area contributed by atoms with E-state index < -0.39 is 0 Å². The Balaban J connectivity index is 1.96. The summed E-state index contributed by atoms with van der Waals surface area (Å²) in [6, 6.07) is 5.40. The summed E-state index contributed by atoms with van der Waals surface area (Å²) >= 11 is 0. The third kappa shape index (κ3) is 2.58. The minimum Gasteiger partial charge on any atom is -0.465 e. The van der Waals surface area contributed by atoms with Gasteiger partial charge in [0.25, 0.3) is 5.91 Å². The highest BCUT2D eigenvalue weighted by molar-refractivity contribution is 6.01. The van der Waals surface area contributed by atoms with Gasteiger partial charge in [0, 0.05) is 24.0 Å². The molecule has 0 unspecified atom stereocenters. The normalized spacial score (nSPS) is 15.1. The predicted octanol–water partition coefficient (Wildman–Crippen LogP) is 2.89. The molecular formula is C17H20N2O3. The third-order valence-electron chi connectivity index (χ3n) is 4.24. The van der Waals surface area contributed by atoms with E-state index in [1.165, 1.54) is 13.5 Å². The molecule has 1 amide bonds. The van der Waals surface area contributed by atoms with Crippen molar-refractivity contribution < 1.29 is 14.3 Å². The van der Waals surface area contributed by atoms with Gasteiger partial charge in [-0.2, -0.15) is 0 Å². The highest BCUT2D eigenvalue weighted by Gasteiger charge is 2.20. The molecule has 3 rings (SSSR count). The number of ether oxygens (including phenoxy) is 1. The molecule has 0 radical (unpaired) electrons. The van der Waals surface area contributed by atoms with Crippen molar-refractivity contribution >= 4 is 22.8 Å². The number of nitrogens with zero attached hydrogens (tertiary/aromatic N) is 1. The zero-order valence-corrected chi connectivity index (χ0v) is 12.9. The molecule has 1 fully saturated rings. The molecule has 1 N–H and O–H groups in total. The molecule has 1 saturated heterocycles. The highest BCUT2D eigenvalue weighted by atomic mass is 16.5. The first-order chi connectivity index (χ1) is 10.6. The van der Waals surface area contributed by atoms with Gasteiger partial charge in [-0.25, -0.2) is 4.79 Å². The summed E-state index contributed by atoms with van der Waals surface area (Å²) < 4.78 is 4.76. The molecule has 5 nitrogen and oxygen atoms in total. The van der Waals surface area contributed by atoms with Crippen molar-refractivity contribution in [3.05, 3.63) is 35.0 Å². The molecule has 22 heavy (non-hydrogen) atoms. The number of methoxy groups -OCH3 is 1. The number of fused-ring (bicyclic) bond motifs is 1. The Morgan fingerprint density at radius 3 is 2.55 bits per heavy atom. The Morgan fingerprint density at radius 1 is 1.14 bits per heavy atom.